The molecule has 0 heterocycles. The molecule has 0 saturated carbocycles. The van der Waals surface area contributed by atoms with Gasteiger partial charge in [-0.2, -0.15) is 0 Å². The number of rotatable bonds is 5. The Kier molecular flexibility index (Phi) is 6.03. The third-order valence-electron chi connectivity index (χ3n) is 3.12. The standard InChI is InChI=1S/C18H21BrN2O3S/c1-18(2,3)21-25(23,24)16-9-5-8-15(12-16)20-17(22)11-13-6-4-7-14(19)10-13/h4-10,12,21H,11H2,1-3H3,(H,20,22). The number of carbonyl (C=O) groups excluding carboxylic acids is 1. The molecule has 0 saturated heterocycles. The fraction of sp³-hybridized carbons (Fsp3) is 0.278. The molecule has 2 N–H and O–H groups in total. The van der Waals surface area contributed by atoms with Gasteiger partial charge >= 0.3 is 0 Å². The van der Waals surface area contributed by atoms with Gasteiger partial charge in [-0.05, 0) is 56.7 Å². The fourth-order valence-electron chi connectivity index (χ4n) is 2.24. The van der Waals surface area contributed by atoms with E-state index >= 15 is 0 Å². The van der Waals surface area contributed by atoms with Crippen molar-refractivity contribution < 1.29 is 13.2 Å². The van der Waals surface area contributed by atoms with Crippen molar-refractivity contribution in [3.63, 3.8) is 0 Å². The molecule has 0 spiro atoms. The van der Waals surface area contributed by atoms with Crippen molar-refractivity contribution in [3.05, 3.63) is 58.6 Å². The molecule has 0 aromatic heterocycles. The van der Waals surface area contributed by atoms with Gasteiger partial charge in [-0.15, -0.1) is 0 Å². The van der Waals surface area contributed by atoms with Crippen LogP contribution in [0.5, 0.6) is 0 Å². The first kappa shape index (κ1) is 19.6. The molecule has 0 aliphatic rings. The van der Waals surface area contributed by atoms with E-state index in [2.05, 4.69) is 26.0 Å². The van der Waals surface area contributed by atoms with Crippen LogP contribution in [0.4, 0.5) is 5.69 Å². The zero-order valence-electron chi connectivity index (χ0n) is 14.3. The Morgan fingerprint density at radius 2 is 1.76 bits per heavy atom. The fourth-order valence-corrected chi connectivity index (χ4v) is 4.15. The van der Waals surface area contributed by atoms with Gasteiger partial charge in [0.1, 0.15) is 0 Å². The average molecular weight is 425 g/mol. The van der Waals surface area contributed by atoms with Crippen molar-refractivity contribution in [3.8, 4) is 0 Å². The summed E-state index contributed by atoms with van der Waals surface area (Å²) in [5.41, 5.74) is 0.723. The van der Waals surface area contributed by atoms with Gasteiger partial charge in [-0.1, -0.05) is 34.1 Å². The predicted octanol–water partition coefficient (Wildman–Crippen LogP) is 3.71. The Balaban J connectivity index is 2.12. The average Bonchev–Trinajstić information content (AvgIpc) is 2.45. The summed E-state index contributed by atoms with van der Waals surface area (Å²) in [6.45, 7) is 5.32. The molecule has 0 aliphatic carbocycles. The molecule has 2 aromatic rings. The molecule has 0 atom stereocenters. The SMILES string of the molecule is CC(C)(C)NS(=O)(=O)c1cccc(NC(=O)Cc2cccc(Br)c2)c1. The third kappa shape index (κ3) is 6.26. The van der Waals surface area contributed by atoms with E-state index in [4.69, 9.17) is 0 Å². The highest BCUT2D eigenvalue weighted by atomic mass is 79.9. The number of nitrogens with one attached hydrogen (secondary N) is 2. The lowest BCUT2D eigenvalue weighted by atomic mass is 10.1. The Hall–Kier alpha value is -1.70. The molecule has 0 radical (unpaired) electrons. The van der Waals surface area contributed by atoms with Gasteiger partial charge < -0.3 is 5.32 Å². The highest BCUT2D eigenvalue weighted by Gasteiger charge is 2.22. The van der Waals surface area contributed by atoms with Crippen molar-refractivity contribution in [2.75, 3.05) is 5.32 Å². The summed E-state index contributed by atoms with van der Waals surface area (Å²) in [6, 6.07) is 13.7. The van der Waals surface area contributed by atoms with Crippen molar-refractivity contribution in [2.45, 2.75) is 37.6 Å². The van der Waals surface area contributed by atoms with Crippen LogP contribution in [0.15, 0.2) is 57.9 Å². The van der Waals surface area contributed by atoms with Gasteiger partial charge in [-0.25, -0.2) is 13.1 Å². The largest absolute Gasteiger partial charge is 0.326 e. The first-order valence-corrected chi connectivity index (χ1v) is 10.0. The second kappa shape index (κ2) is 7.68. The van der Waals surface area contributed by atoms with Crippen LogP contribution < -0.4 is 10.0 Å². The number of carbonyl (C=O) groups is 1. The number of benzene rings is 2. The van der Waals surface area contributed by atoms with E-state index in [0.29, 0.717) is 5.69 Å². The zero-order valence-corrected chi connectivity index (χ0v) is 16.7. The van der Waals surface area contributed by atoms with Crippen molar-refractivity contribution >= 4 is 37.5 Å². The predicted molar refractivity (Wildman–Crippen MR) is 103 cm³/mol. The number of hydrogen-bond donors (Lipinski definition) is 2. The van der Waals surface area contributed by atoms with E-state index in [1.165, 1.54) is 12.1 Å². The number of halogens is 1. The maximum atomic E-state index is 12.4. The molecule has 134 valence electrons. The topological polar surface area (TPSA) is 75.3 Å². The minimum Gasteiger partial charge on any atom is -0.326 e. The molecule has 0 fully saturated rings. The van der Waals surface area contributed by atoms with Gasteiger partial charge in [0.05, 0.1) is 11.3 Å². The van der Waals surface area contributed by atoms with Gasteiger partial charge in [-0.3, -0.25) is 4.79 Å². The first-order valence-electron chi connectivity index (χ1n) is 7.73. The van der Waals surface area contributed by atoms with Crippen LogP contribution in [0, 0.1) is 0 Å². The van der Waals surface area contributed by atoms with Crippen LogP contribution in [0.3, 0.4) is 0 Å². The van der Waals surface area contributed by atoms with Crippen molar-refractivity contribution in [2.24, 2.45) is 0 Å². The molecule has 5 nitrogen and oxygen atoms in total. The number of anilines is 1. The second-order valence-corrected chi connectivity index (χ2v) is 9.34. The summed E-state index contributed by atoms with van der Waals surface area (Å²) in [6.07, 6.45) is 0.205. The lowest BCUT2D eigenvalue weighted by Gasteiger charge is -2.20. The quantitative estimate of drug-likeness (QED) is 0.767. The molecule has 0 aliphatic heterocycles. The molecule has 25 heavy (non-hydrogen) atoms. The maximum Gasteiger partial charge on any atom is 0.241 e. The zero-order chi connectivity index (χ0) is 18.7. The lowest BCUT2D eigenvalue weighted by molar-refractivity contribution is -0.115. The molecule has 0 bridgehead atoms. The van der Waals surface area contributed by atoms with E-state index in [0.717, 1.165) is 10.0 Å². The van der Waals surface area contributed by atoms with Crippen LogP contribution in [0.25, 0.3) is 0 Å². The number of hydrogen-bond acceptors (Lipinski definition) is 3. The monoisotopic (exact) mass is 424 g/mol. The van der Waals surface area contributed by atoms with E-state index in [1.54, 1.807) is 32.9 Å². The Labute approximate surface area is 157 Å². The summed E-state index contributed by atoms with van der Waals surface area (Å²) in [5, 5.41) is 2.74. The minimum atomic E-state index is -3.65. The molecule has 7 heteroatoms. The Bertz CT molecular complexity index is 874. The van der Waals surface area contributed by atoms with Gasteiger partial charge in [0.15, 0.2) is 0 Å². The maximum absolute atomic E-state index is 12.4. The van der Waals surface area contributed by atoms with Crippen LogP contribution in [-0.2, 0) is 21.2 Å². The molecule has 2 aromatic carbocycles. The Morgan fingerprint density at radius 3 is 2.40 bits per heavy atom. The van der Waals surface area contributed by atoms with Crippen molar-refractivity contribution in [1.82, 2.24) is 4.72 Å². The molecule has 0 unspecified atom stereocenters. The lowest BCUT2D eigenvalue weighted by Crippen LogP contribution is -2.40. The summed E-state index contributed by atoms with van der Waals surface area (Å²) in [4.78, 5) is 12.3. The third-order valence-corrected chi connectivity index (χ3v) is 5.37. The highest BCUT2D eigenvalue weighted by molar-refractivity contribution is 9.10. The van der Waals surface area contributed by atoms with Gasteiger partial charge in [0, 0.05) is 15.7 Å². The van der Waals surface area contributed by atoms with Crippen LogP contribution in [-0.4, -0.2) is 19.9 Å². The van der Waals surface area contributed by atoms with Crippen molar-refractivity contribution in [1.29, 1.82) is 0 Å². The van der Waals surface area contributed by atoms with Gasteiger partial charge in [0.25, 0.3) is 0 Å². The molecule has 1 amide bonds. The summed E-state index contributed by atoms with van der Waals surface area (Å²) < 4.78 is 28.3. The first-order chi connectivity index (χ1) is 11.5. The summed E-state index contributed by atoms with van der Waals surface area (Å²) >= 11 is 3.37. The van der Waals surface area contributed by atoms with E-state index < -0.39 is 15.6 Å². The normalized spacial score (nSPS) is 12.0. The van der Waals surface area contributed by atoms with Crippen LogP contribution >= 0.6 is 15.9 Å². The smallest absolute Gasteiger partial charge is 0.241 e. The molecular formula is C18H21BrN2O3S. The molecular weight excluding hydrogens is 404 g/mol. The minimum absolute atomic E-state index is 0.114. The number of amides is 1. The van der Waals surface area contributed by atoms with E-state index in [1.807, 2.05) is 24.3 Å². The second-order valence-electron chi connectivity index (χ2n) is 6.74. The summed E-state index contributed by atoms with van der Waals surface area (Å²) in [7, 11) is -3.65. The van der Waals surface area contributed by atoms with E-state index in [-0.39, 0.29) is 17.2 Å². The van der Waals surface area contributed by atoms with E-state index in [9.17, 15) is 13.2 Å². The number of sulfonamides is 1. The molecule has 2 rings (SSSR count). The Morgan fingerprint density at radius 1 is 1.08 bits per heavy atom. The van der Waals surface area contributed by atoms with Gasteiger partial charge in [0.2, 0.25) is 15.9 Å². The summed E-state index contributed by atoms with van der Waals surface area (Å²) in [5.74, 6) is -0.212. The highest BCUT2D eigenvalue weighted by Crippen LogP contribution is 2.18. The van der Waals surface area contributed by atoms with Crippen LogP contribution in [0.2, 0.25) is 0 Å². The van der Waals surface area contributed by atoms with Crippen LogP contribution in [0.1, 0.15) is 26.3 Å².